The summed E-state index contributed by atoms with van der Waals surface area (Å²) in [5.41, 5.74) is 1.30. The molecular formula is C16H17FN2OS2. The SMILES string of the molecule is O=C(N[C@@H]1CC[C@@H]2SCCS[C@H]21)c1cc2cc(F)ccc2[nH]1. The average molecular weight is 336 g/mol. The molecule has 0 bridgehead atoms. The summed E-state index contributed by atoms with van der Waals surface area (Å²) < 4.78 is 13.2. The van der Waals surface area contributed by atoms with Crippen molar-refractivity contribution in [2.45, 2.75) is 29.4 Å². The van der Waals surface area contributed by atoms with E-state index in [1.807, 2.05) is 23.5 Å². The van der Waals surface area contributed by atoms with Crippen LogP contribution in [0.5, 0.6) is 0 Å². The van der Waals surface area contributed by atoms with Crippen molar-refractivity contribution in [2.24, 2.45) is 0 Å². The van der Waals surface area contributed by atoms with Crippen LogP contribution in [0.15, 0.2) is 24.3 Å². The molecule has 2 fully saturated rings. The minimum Gasteiger partial charge on any atom is -0.351 e. The third-order valence-corrected chi connectivity index (χ3v) is 7.70. The second-order valence-electron chi connectivity index (χ2n) is 5.82. The first kappa shape index (κ1) is 14.5. The molecule has 22 heavy (non-hydrogen) atoms. The number of aromatic amines is 1. The Hall–Kier alpha value is -1.14. The van der Waals surface area contributed by atoms with Gasteiger partial charge in [-0.3, -0.25) is 4.79 Å². The van der Waals surface area contributed by atoms with Crippen LogP contribution in [0.2, 0.25) is 0 Å². The highest BCUT2D eigenvalue weighted by Gasteiger charge is 2.39. The van der Waals surface area contributed by atoms with Crippen molar-refractivity contribution in [2.75, 3.05) is 11.5 Å². The smallest absolute Gasteiger partial charge is 0.267 e. The number of carbonyl (C=O) groups excluding carboxylic acids is 1. The number of fused-ring (bicyclic) bond motifs is 2. The molecule has 2 N–H and O–H groups in total. The highest BCUT2D eigenvalue weighted by Crippen LogP contribution is 2.42. The molecule has 1 aromatic heterocycles. The molecule has 1 aliphatic heterocycles. The monoisotopic (exact) mass is 336 g/mol. The molecule has 1 aliphatic carbocycles. The standard InChI is InChI=1S/C16H17FN2OS2/c17-10-1-2-11-9(7-10)8-13(18-11)16(20)19-12-3-4-14-15(12)22-6-5-21-14/h1-2,7-8,12,14-15,18H,3-6H2,(H,19,20)/t12-,14+,15+/m1/s1. The number of amides is 1. The van der Waals surface area contributed by atoms with E-state index in [4.69, 9.17) is 0 Å². The molecule has 2 heterocycles. The summed E-state index contributed by atoms with van der Waals surface area (Å²) in [6.07, 6.45) is 2.24. The highest BCUT2D eigenvalue weighted by atomic mass is 32.2. The Morgan fingerprint density at radius 2 is 2.09 bits per heavy atom. The Labute approximate surface area is 136 Å². The van der Waals surface area contributed by atoms with E-state index >= 15 is 0 Å². The van der Waals surface area contributed by atoms with E-state index < -0.39 is 0 Å². The molecule has 116 valence electrons. The van der Waals surface area contributed by atoms with Gasteiger partial charge >= 0.3 is 0 Å². The second-order valence-corrected chi connectivity index (χ2v) is 8.45. The molecule has 0 radical (unpaired) electrons. The lowest BCUT2D eigenvalue weighted by molar-refractivity contribution is 0.0934. The van der Waals surface area contributed by atoms with Gasteiger partial charge in [0.05, 0.1) is 0 Å². The molecule has 4 rings (SSSR count). The zero-order valence-corrected chi connectivity index (χ0v) is 13.6. The maximum Gasteiger partial charge on any atom is 0.267 e. The van der Waals surface area contributed by atoms with Crippen LogP contribution < -0.4 is 5.32 Å². The quantitative estimate of drug-likeness (QED) is 0.883. The van der Waals surface area contributed by atoms with Gasteiger partial charge in [-0.15, -0.1) is 0 Å². The maximum atomic E-state index is 13.2. The summed E-state index contributed by atoms with van der Waals surface area (Å²) in [5.74, 6) is 2.02. The molecule has 1 saturated heterocycles. The summed E-state index contributed by atoms with van der Waals surface area (Å²) >= 11 is 4.03. The van der Waals surface area contributed by atoms with E-state index in [-0.39, 0.29) is 17.8 Å². The minimum absolute atomic E-state index is 0.0848. The molecule has 1 aromatic carbocycles. The van der Waals surface area contributed by atoms with E-state index in [2.05, 4.69) is 10.3 Å². The van der Waals surface area contributed by atoms with E-state index in [0.29, 0.717) is 16.2 Å². The van der Waals surface area contributed by atoms with E-state index in [1.54, 1.807) is 12.1 Å². The van der Waals surface area contributed by atoms with Crippen LogP contribution in [0, 0.1) is 5.82 Å². The fourth-order valence-corrected chi connectivity index (χ4v) is 6.63. The Bertz CT molecular complexity index is 717. The lowest BCUT2D eigenvalue weighted by atomic mass is 10.2. The van der Waals surface area contributed by atoms with Crippen LogP contribution in [0.4, 0.5) is 4.39 Å². The normalized spacial score (nSPS) is 27.8. The van der Waals surface area contributed by atoms with Crippen molar-refractivity contribution in [1.82, 2.24) is 10.3 Å². The molecule has 2 aromatic rings. The Kier molecular flexibility index (Phi) is 3.82. The molecule has 0 unspecified atom stereocenters. The Morgan fingerprint density at radius 3 is 3.00 bits per heavy atom. The maximum absolute atomic E-state index is 13.2. The van der Waals surface area contributed by atoms with Gasteiger partial charge in [0.15, 0.2) is 0 Å². The fraction of sp³-hybridized carbons (Fsp3) is 0.438. The van der Waals surface area contributed by atoms with Gasteiger partial charge in [0.25, 0.3) is 5.91 Å². The molecule has 0 spiro atoms. The fourth-order valence-electron chi connectivity index (χ4n) is 3.34. The highest BCUT2D eigenvalue weighted by molar-refractivity contribution is 8.07. The van der Waals surface area contributed by atoms with Gasteiger partial charge < -0.3 is 10.3 Å². The van der Waals surface area contributed by atoms with Crippen molar-refractivity contribution >= 4 is 40.3 Å². The number of aromatic nitrogens is 1. The average Bonchev–Trinajstić information content (AvgIpc) is 3.11. The number of nitrogens with one attached hydrogen (secondary N) is 2. The minimum atomic E-state index is -0.285. The van der Waals surface area contributed by atoms with Crippen LogP contribution in [0.3, 0.4) is 0 Å². The van der Waals surface area contributed by atoms with Gasteiger partial charge in [0, 0.05) is 39.0 Å². The van der Waals surface area contributed by atoms with Gasteiger partial charge in [-0.1, -0.05) is 0 Å². The zero-order chi connectivity index (χ0) is 15.1. The molecule has 3 atom stereocenters. The summed E-state index contributed by atoms with van der Waals surface area (Å²) in [4.78, 5) is 15.6. The topological polar surface area (TPSA) is 44.9 Å². The second kappa shape index (κ2) is 5.81. The first-order valence-electron chi connectivity index (χ1n) is 7.53. The zero-order valence-electron chi connectivity index (χ0n) is 12.0. The first-order chi connectivity index (χ1) is 10.7. The van der Waals surface area contributed by atoms with Gasteiger partial charge in [-0.25, -0.2) is 4.39 Å². The van der Waals surface area contributed by atoms with E-state index in [9.17, 15) is 9.18 Å². The Morgan fingerprint density at radius 1 is 1.23 bits per heavy atom. The van der Waals surface area contributed by atoms with Crippen molar-refractivity contribution in [3.8, 4) is 0 Å². The van der Waals surface area contributed by atoms with Gasteiger partial charge in [-0.2, -0.15) is 23.5 Å². The molecule has 1 amide bonds. The summed E-state index contributed by atoms with van der Waals surface area (Å²) in [7, 11) is 0. The predicted octanol–water partition coefficient (Wildman–Crippen LogP) is 3.42. The number of halogens is 1. The molecule has 3 nitrogen and oxygen atoms in total. The predicted molar refractivity (Wildman–Crippen MR) is 91.2 cm³/mol. The Balaban J connectivity index is 1.51. The summed E-state index contributed by atoms with van der Waals surface area (Å²) in [5, 5.41) is 5.12. The lowest BCUT2D eigenvalue weighted by Gasteiger charge is -2.28. The third kappa shape index (κ3) is 2.63. The number of thioether (sulfide) groups is 2. The van der Waals surface area contributed by atoms with Crippen molar-refractivity contribution < 1.29 is 9.18 Å². The molecule has 2 aliphatic rings. The number of benzene rings is 1. The largest absolute Gasteiger partial charge is 0.351 e. The van der Waals surface area contributed by atoms with Crippen molar-refractivity contribution in [1.29, 1.82) is 0 Å². The van der Waals surface area contributed by atoms with Crippen LogP contribution in [0.1, 0.15) is 23.3 Å². The number of H-pyrrole nitrogens is 1. The van der Waals surface area contributed by atoms with Crippen molar-refractivity contribution in [3.05, 3.63) is 35.8 Å². The van der Waals surface area contributed by atoms with Crippen LogP contribution >= 0.6 is 23.5 Å². The lowest BCUT2D eigenvalue weighted by Crippen LogP contribution is -2.42. The van der Waals surface area contributed by atoms with Gasteiger partial charge in [0.2, 0.25) is 0 Å². The summed E-state index contributed by atoms with van der Waals surface area (Å²) in [6, 6.07) is 6.49. The first-order valence-corrected chi connectivity index (χ1v) is 9.63. The van der Waals surface area contributed by atoms with E-state index in [1.165, 1.54) is 30.1 Å². The molecule has 1 saturated carbocycles. The van der Waals surface area contributed by atoms with Crippen molar-refractivity contribution in [3.63, 3.8) is 0 Å². The van der Waals surface area contributed by atoms with Gasteiger partial charge in [0.1, 0.15) is 11.5 Å². The number of rotatable bonds is 2. The molecular weight excluding hydrogens is 319 g/mol. The third-order valence-electron chi connectivity index (χ3n) is 4.39. The number of hydrogen-bond acceptors (Lipinski definition) is 3. The molecule has 6 heteroatoms. The number of carbonyl (C=O) groups is 1. The van der Waals surface area contributed by atoms with Gasteiger partial charge in [-0.05, 0) is 37.1 Å². The van der Waals surface area contributed by atoms with Crippen LogP contribution in [-0.4, -0.2) is 38.9 Å². The number of hydrogen-bond donors (Lipinski definition) is 2. The summed E-state index contributed by atoms with van der Waals surface area (Å²) in [6.45, 7) is 0. The van der Waals surface area contributed by atoms with Crippen LogP contribution in [0.25, 0.3) is 10.9 Å². The van der Waals surface area contributed by atoms with E-state index in [0.717, 1.165) is 17.3 Å². The van der Waals surface area contributed by atoms with Crippen LogP contribution in [-0.2, 0) is 0 Å².